The van der Waals surface area contributed by atoms with Crippen molar-refractivity contribution in [3.05, 3.63) is 0 Å². The first kappa shape index (κ1) is 12.0. The van der Waals surface area contributed by atoms with Gasteiger partial charge in [-0.15, -0.1) is 0 Å². The molecule has 2 heteroatoms. The molecule has 1 aliphatic rings. The largest absolute Gasteiger partial charge is 0.320 e. The van der Waals surface area contributed by atoms with Crippen molar-refractivity contribution in [2.45, 2.75) is 39.7 Å². The Morgan fingerprint density at radius 2 is 2.00 bits per heavy atom. The summed E-state index contributed by atoms with van der Waals surface area (Å²) in [5.74, 6) is 1.75. The first-order valence-corrected chi connectivity index (χ1v) is 6.03. The highest BCUT2D eigenvalue weighted by Crippen LogP contribution is 2.26. The Kier molecular flexibility index (Phi) is 4.90. The predicted octanol–water partition coefficient (Wildman–Crippen LogP) is 1.96. The van der Waals surface area contributed by atoms with Crippen molar-refractivity contribution in [1.29, 1.82) is 0 Å². The number of rotatable bonds is 4. The topological polar surface area (TPSA) is 15.3 Å². The fraction of sp³-hybridized carbons (Fsp3) is 1.00. The molecule has 1 saturated heterocycles. The number of nitrogens with zero attached hydrogens (tertiary/aromatic N) is 1. The van der Waals surface area contributed by atoms with E-state index in [1.807, 2.05) is 7.05 Å². The molecule has 0 aromatic heterocycles. The van der Waals surface area contributed by atoms with Crippen LogP contribution in [-0.4, -0.2) is 37.6 Å². The molecule has 0 aliphatic carbocycles. The van der Waals surface area contributed by atoms with Crippen LogP contribution >= 0.6 is 0 Å². The van der Waals surface area contributed by atoms with E-state index in [-0.39, 0.29) is 0 Å². The first-order valence-electron chi connectivity index (χ1n) is 6.03. The number of piperidine rings is 1. The second-order valence-electron chi connectivity index (χ2n) is 5.01. The van der Waals surface area contributed by atoms with E-state index in [1.165, 1.54) is 25.9 Å². The summed E-state index contributed by atoms with van der Waals surface area (Å²) in [4.78, 5) is 2.66. The molecule has 0 spiro atoms. The summed E-state index contributed by atoms with van der Waals surface area (Å²) in [6.07, 6.45) is 2.68. The minimum absolute atomic E-state index is 0.781. The predicted molar refractivity (Wildman–Crippen MR) is 62.5 cm³/mol. The van der Waals surface area contributed by atoms with Gasteiger partial charge in [0.2, 0.25) is 0 Å². The lowest BCUT2D eigenvalue weighted by molar-refractivity contribution is 0.0789. The SMILES string of the molecule is CNCCCN1CC(C)CC(C)C1C. The monoisotopic (exact) mass is 198 g/mol. The molecule has 14 heavy (non-hydrogen) atoms. The molecule has 0 aromatic carbocycles. The van der Waals surface area contributed by atoms with Crippen molar-refractivity contribution in [3.8, 4) is 0 Å². The molecule has 0 saturated carbocycles. The molecule has 84 valence electrons. The average Bonchev–Trinajstić information content (AvgIpc) is 2.13. The van der Waals surface area contributed by atoms with Gasteiger partial charge >= 0.3 is 0 Å². The van der Waals surface area contributed by atoms with Crippen molar-refractivity contribution in [3.63, 3.8) is 0 Å². The molecule has 3 atom stereocenters. The van der Waals surface area contributed by atoms with Gasteiger partial charge < -0.3 is 10.2 Å². The lowest BCUT2D eigenvalue weighted by Crippen LogP contribution is -2.46. The summed E-state index contributed by atoms with van der Waals surface area (Å²) < 4.78 is 0. The summed E-state index contributed by atoms with van der Waals surface area (Å²) in [6.45, 7) is 10.9. The number of hydrogen-bond donors (Lipinski definition) is 1. The number of nitrogens with one attached hydrogen (secondary N) is 1. The van der Waals surface area contributed by atoms with E-state index >= 15 is 0 Å². The van der Waals surface area contributed by atoms with Crippen LogP contribution in [-0.2, 0) is 0 Å². The quantitative estimate of drug-likeness (QED) is 0.695. The Hall–Kier alpha value is -0.0800. The lowest BCUT2D eigenvalue weighted by atomic mass is 9.86. The first-order chi connectivity index (χ1) is 6.65. The van der Waals surface area contributed by atoms with E-state index in [2.05, 4.69) is 31.0 Å². The Balaban J connectivity index is 2.33. The fourth-order valence-electron chi connectivity index (χ4n) is 2.59. The van der Waals surface area contributed by atoms with Crippen molar-refractivity contribution < 1.29 is 0 Å². The minimum Gasteiger partial charge on any atom is -0.320 e. The molecular weight excluding hydrogens is 172 g/mol. The maximum Gasteiger partial charge on any atom is 0.00927 e. The maximum absolute atomic E-state index is 3.22. The van der Waals surface area contributed by atoms with E-state index in [1.54, 1.807) is 0 Å². The zero-order chi connectivity index (χ0) is 10.6. The fourth-order valence-corrected chi connectivity index (χ4v) is 2.59. The van der Waals surface area contributed by atoms with Gasteiger partial charge in [0.25, 0.3) is 0 Å². The third kappa shape index (κ3) is 3.25. The molecule has 1 aliphatic heterocycles. The Bertz CT molecular complexity index is 158. The maximum atomic E-state index is 3.22. The van der Waals surface area contributed by atoms with Gasteiger partial charge in [0.1, 0.15) is 0 Å². The van der Waals surface area contributed by atoms with Crippen LogP contribution in [0.1, 0.15) is 33.6 Å². The number of hydrogen-bond acceptors (Lipinski definition) is 2. The highest BCUT2D eigenvalue weighted by atomic mass is 15.2. The lowest BCUT2D eigenvalue weighted by Gasteiger charge is -2.41. The van der Waals surface area contributed by atoms with Crippen molar-refractivity contribution >= 4 is 0 Å². The molecule has 1 N–H and O–H groups in total. The van der Waals surface area contributed by atoms with E-state index < -0.39 is 0 Å². The van der Waals surface area contributed by atoms with E-state index in [4.69, 9.17) is 0 Å². The van der Waals surface area contributed by atoms with Crippen LogP contribution in [0.2, 0.25) is 0 Å². The molecule has 1 heterocycles. The van der Waals surface area contributed by atoms with Gasteiger partial charge in [0.15, 0.2) is 0 Å². The summed E-state index contributed by atoms with van der Waals surface area (Å²) in [5, 5.41) is 3.22. The molecule has 0 bridgehead atoms. The molecule has 0 radical (unpaired) electrons. The third-order valence-electron chi connectivity index (χ3n) is 3.59. The molecule has 0 amide bonds. The van der Waals surface area contributed by atoms with Crippen LogP contribution in [0.3, 0.4) is 0 Å². The molecule has 2 nitrogen and oxygen atoms in total. The highest BCUT2D eigenvalue weighted by Gasteiger charge is 2.27. The van der Waals surface area contributed by atoms with Crippen molar-refractivity contribution in [2.24, 2.45) is 11.8 Å². The summed E-state index contributed by atoms with van der Waals surface area (Å²) in [5.41, 5.74) is 0. The van der Waals surface area contributed by atoms with Crippen LogP contribution in [0.4, 0.5) is 0 Å². The zero-order valence-electron chi connectivity index (χ0n) is 10.2. The van der Waals surface area contributed by atoms with Crippen LogP contribution in [0.5, 0.6) is 0 Å². The van der Waals surface area contributed by atoms with Gasteiger partial charge in [-0.25, -0.2) is 0 Å². The summed E-state index contributed by atoms with van der Waals surface area (Å²) in [6, 6.07) is 0.781. The van der Waals surface area contributed by atoms with Gasteiger partial charge in [-0.05, 0) is 51.7 Å². The standard InChI is InChI=1S/C12H26N2/c1-10-8-11(2)12(3)14(9-10)7-5-6-13-4/h10-13H,5-9H2,1-4H3. The van der Waals surface area contributed by atoms with Gasteiger partial charge in [-0.2, -0.15) is 0 Å². The second-order valence-corrected chi connectivity index (χ2v) is 5.01. The van der Waals surface area contributed by atoms with Gasteiger partial charge in [-0.3, -0.25) is 0 Å². The number of likely N-dealkylation sites (tertiary alicyclic amines) is 1. The van der Waals surface area contributed by atoms with E-state index in [9.17, 15) is 0 Å². The van der Waals surface area contributed by atoms with Crippen LogP contribution in [0.15, 0.2) is 0 Å². The summed E-state index contributed by atoms with van der Waals surface area (Å²) in [7, 11) is 2.03. The molecule has 1 fully saturated rings. The molecule has 1 rings (SSSR count). The van der Waals surface area contributed by atoms with Crippen LogP contribution in [0.25, 0.3) is 0 Å². The van der Waals surface area contributed by atoms with Gasteiger partial charge in [0, 0.05) is 12.6 Å². The third-order valence-corrected chi connectivity index (χ3v) is 3.59. The average molecular weight is 198 g/mol. The zero-order valence-corrected chi connectivity index (χ0v) is 10.2. The normalized spacial score (nSPS) is 34.7. The Morgan fingerprint density at radius 3 is 2.64 bits per heavy atom. The molecule has 3 unspecified atom stereocenters. The Labute approximate surface area is 89.1 Å². The van der Waals surface area contributed by atoms with Crippen LogP contribution < -0.4 is 5.32 Å². The minimum atomic E-state index is 0.781. The van der Waals surface area contributed by atoms with Crippen molar-refractivity contribution in [2.75, 3.05) is 26.7 Å². The smallest absolute Gasteiger partial charge is 0.00927 e. The van der Waals surface area contributed by atoms with Gasteiger partial charge in [-0.1, -0.05) is 13.8 Å². The summed E-state index contributed by atoms with van der Waals surface area (Å²) >= 11 is 0. The Morgan fingerprint density at radius 1 is 1.29 bits per heavy atom. The highest BCUT2D eigenvalue weighted by molar-refractivity contribution is 4.81. The van der Waals surface area contributed by atoms with Crippen LogP contribution in [0, 0.1) is 11.8 Å². The van der Waals surface area contributed by atoms with E-state index in [0.29, 0.717) is 0 Å². The van der Waals surface area contributed by atoms with Gasteiger partial charge in [0.05, 0.1) is 0 Å². The molecular formula is C12H26N2. The molecule has 0 aromatic rings. The second kappa shape index (κ2) is 5.72. The van der Waals surface area contributed by atoms with Crippen molar-refractivity contribution in [1.82, 2.24) is 10.2 Å². The van der Waals surface area contributed by atoms with E-state index in [0.717, 1.165) is 24.4 Å².